The van der Waals surface area contributed by atoms with Crippen molar-refractivity contribution in [1.82, 2.24) is 4.57 Å². The molecule has 0 fully saturated rings. The molecule has 64 valence electrons. The quantitative estimate of drug-likeness (QED) is 0.387. The van der Waals surface area contributed by atoms with Crippen LogP contribution in [0.2, 0.25) is 0 Å². The summed E-state index contributed by atoms with van der Waals surface area (Å²) in [6, 6.07) is 5.71. The van der Waals surface area contributed by atoms with E-state index in [0.717, 1.165) is 5.49 Å². The van der Waals surface area contributed by atoms with E-state index in [4.69, 9.17) is 5.21 Å². The maximum Gasteiger partial charge on any atom is 0.127 e. The number of rotatable bonds is 2. The molecule has 0 unspecified atom stereocenters. The highest BCUT2D eigenvalue weighted by atomic mass is 16.4. The summed E-state index contributed by atoms with van der Waals surface area (Å²) in [5.74, 6) is 0. The van der Waals surface area contributed by atoms with E-state index in [1.165, 1.54) is 6.21 Å². The van der Waals surface area contributed by atoms with Crippen molar-refractivity contribution in [1.29, 1.82) is 0 Å². The highest BCUT2D eigenvalue weighted by Gasteiger charge is 1.86. The fourth-order valence-corrected chi connectivity index (χ4v) is 0.949. The molecule has 4 nitrogen and oxygen atoms in total. The Morgan fingerprint density at radius 1 is 1.58 bits per heavy atom. The Morgan fingerprint density at radius 2 is 2.42 bits per heavy atom. The molecule has 0 radical (unpaired) electrons. The van der Waals surface area contributed by atoms with Crippen molar-refractivity contribution in [3.05, 3.63) is 29.9 Å². The predicted octanol–water partition coefficient (Wildman–Crippen LogP) is 0.479. The van der Waals surface area contributed by atoms with E-state index >= 15 is 0 Å². The summed E-state index contributed by atoms with van der Waals surface area (Å²) >= 11 is 0. The van der Waals surface area contributed by atoms with Gasteiger partial charge < -0.3 is 9.77 Å². The van der Waals surface area contributed by atoms with Crippen LogP contribution in [0.3, 0.4) is 0 Å². The van der Waals surface area contributed by atoms with Gasteiger partial charge in [-0.25, -0.2) is 0 Å². The van der Waals surface area contributed by atoms with Gasteiger partial charge in [0, 0.05) is 13.2 Å². The van der Waals surface area contributed by atoms with Crippen LogP contribution >= 0.6 is 0 Å². The van der Waals surface area contributed by atoms with E-state index in [1.54, 1.807) is 7.05 Å². The summed E-state index contributed by atoms with van der Waals surface area (Å²) in [6.07, 6.45) is 3.29. The second-order valence-electron chi connectivity index (χ2n) is 2.23. The van der Waals surface area contributed by atoms with E-state index in [9.17, 15) is 0 Å². The SMILES string of the molecule is CN=c1ccccn1C/C=N\O. The molecule has 0 spiro atoms. The summed E-state index contributed by atoms with van der Waals surface area (Å²) in [6.45, 7) is 0.532. The maximum atomic E-state index is 8.22. The molecule has 12 heavy (non-hydrogen) atoms. The van der Waals surface area contributed by atoms with Crippen molar-refractivity contribution < 1.29 is 5.21 Å². The van der Waals surface area contributed by atoms with Gasteiger partial charge in [-0.3, -0.25) is 4.99 Å². The molecule has 4 heteroatoms. The number of nitrogens with zero attached hydrogens (tertiary/aromatic N) is 3. The molecule has 1 N–H and O–H groups in total. The van der Waals surface area contributed by atoms with Crippen molar-refractivity contribution in [2.45, 2.75) is 6.54 Å². The van der Waals surface area contributed by atoms with Gasteiger partial charge in [0.15, 0.2) is 0 Å². The monoisotopic (exact) mass is 165 g/mol. The van der Waals surface area contributed by atoms with Gasteiger partial charge in [-0.2, -0.15) is 0 Å². The number of oxime groups is 1. The first-order valence-electron chi connectivity index (χ1n) is 3.62. The molecular weight excluding hydrogens is 154 g/mol. The Morgan fingerprint density at radius 3 is 3.08 bits per heavy atom. The molecule has 0 saturated carbocycles. The molecule has 0 aliphatic heterocycles. The minimum Gasteiger partial charge on any atom is -0.411 e. The molecule has 0 aliphatic carbocycles. The lowest BCUT2D eigenvalue weighted by atomic mass is 10.4. The number of aromatic nitrogens is 1. The second-order valence-corrected chi connectivity index (χ2v) is 2.23. The molecule has 1 rings (SSSR count). The Balaban J connectivity index is 2.98. The Hall–Kier alpha value is -1.58. The highest BCUT2D eigenvalue weighted by Crippen LogP contribution is 1.80. The fourth-order valence-electron chi connectivity index (χ4n) is 0.949. The molecule has 0 bridgehead atoms. The van der Waals surface area contributed by atoms with Crippen LogP contribution in [0.5, 0.6) is 0 Å². The first kappa shape index (κ1) is 8.52. The van der Waals surface area contributed by atoms with Crippen LogP contribution in [0.4, 0.5) is 0 Å². The van der Waals surface area contributed by atoms with Crippen LogP contribution in [-0.4, -0.2) is 23.0 Å². The molecule has 0 aromatic carbocycles. The van der Waals surface area contributed by atoms with Crippen molar-refractivity contribution >= 4 is 6.21 Å². The Bertz CT molecular complexity index is 327. The average Bonchev–Trinajstić information content (AvgIpc) is 2.15. The third-order valence-electron chi connectivity index (χ3n) is 1.51. The Labute approximate surface area is 70.5 Å². The van der Waals surface area contributed by atoms with Crippen LogP contribution in [0, 0.1) is 0 Å². The largest absolute Gasteiger partial charge is 0.411 e. The molecular formula is C8H11N3O. The van der Waals surface area contributed by atoms with Crippen LogP contribution in [-0.2, 0) is 6.54 Å². The smallest absolute Gasteiger partial charge is 0.127 e. The zero-order chi connectivity index (χ0) is 8.81. The van der Waals surface area contributed by atoms with Gasteiger partial charge in [0.25, 0.3) is 0 Å². The van der Waals surface area contributed by atoms with Crippen molar-refractivity contribution in [3.63, 3.8) is 0 Å². The first-order chi connectivity index (χ1) is 5.88. The topological polar surface area (TPSA) is 49.9 Å². The molecule has 1 aromatic heterocycles. The Kier molecular flexibility index (Phi) is 3.07. The zero-order valence-electron chi connectivity index (χ0n) is 6.88. The van der Waals surface area contributed by atoms with E-state index < -0.39 is 0 Å². The van der Waals surface area contributed by atoms with Gasteiger partial charge in [0.05, 0.1) is 12.8 Å². The standard InChI is InChI=1S/C8H11N3O/c1-9-8-4-2-3-6-11(8)7-5-10-12/h2-6,12H,7H2,1H3/b9-8?,10-5-. The first-order valence-corrected chi connectivity index (χ1v) is 3.62. The van der Waals surface area contributed by atoms with Gasteiger partial charge in [-0.05, 0) is 12.1 Å². The zero-order valence-corrected chi connectivity index (χ0v) is 6.88. The minimum absolute atomic E-state index is 0.532. The lowest BCUT2D eigenvalue weighted by molar-refractivity contribution is 0.320. The molecule has 1 heterocycles. The lowest BCUT2D eigenvalue weighted by Gasteiger charge is -2.00. The minimum atomic E-state index is 0.532. The van der Waals surface area contributed by atoms with E-state index in [-0.39, 0.29) is 0 Å². The fraction of sp³-hybridized carbons (Fsp3) is 0.250. The van der Waals surface area contributed by atoms with Gasteiger partial charge in [-0.1, -0.05) is 6.07 Å². The molecule has 0 aliphatic rings. The van der Waals surface area contributed by atoms with Crippen LogP contribution in [0.25, 0.3) is 0 Å². The van der Waals surface area contributed by atoms with E-state index in [1.807, 2.05) is 29.0 Å². The normalized spacial score (nSPS) is 12.6. The summed E-state index contributed by atoms with van der Waals surface area (Å²) in [4.78, 5) is 4.04. The van der Waals surface area contributed by atoms with Crippen LogP contribution in [0.15, 0.2) is 34.5 Å². The maximum absolute atomic E-state index is 8.22. The summed E-state index contributed by atoms with van der Waals surface area (Å²) in [7, 11) is 1.72. The summed E-state index contributed by atoms with van der Waals surface area (Å²) in [5, 5.41) is 11.1. The van der Waals surface area contributed by atoms with Crippen molar-refractivity contribution in [2.24, 2.45) is 10.1 Å². The molecule has 0 saturated heterocycles. The lowest BCUT2D eigenvalue weighted by Crippen LogP contribution is -2.19. The van der Waals surface area contributed by atoms with Crippen LogP contribution < -0.4 is 5.49 Å². The van der Waals surface area contributed by atoms with Gasteiger partial charge in [-0.15, -0.1) is 5.16 Å². The number of hydrogen-bond donors (Lipinski definition) is 1. The summed E-state index contributed by atoms with van der Waals surface area (Å²) in [5.41, 5.74) is 0.859. The van der Waals surface area contributed by atoms with Crippen molar-refractivity contribution in [2.75, 3.05) is 7.05 Å². The third-order valence-corrected chi connectivity index (χ3v) is 1.51. The second kappa shape index (κ2) is 4.33. The number of pyridine rings is 1. The van der Waals surface area contributed by atoms with Crippen LogP contribution in [0.1, 0.15) is 0 Å². The molecule has 0 amide bonds. The third kappa shape index (κ3) is 1.95. The van der Waals surface area contributed by atoms with Crippen molar-refractivity contribution in [3.8, 4) is 0 Å². The summed E-state index contributed by atoms with van der Waals surface area (Å²) < 4.78 is 1.87. The van der Waals surface area contributed by atoms with Gasteiger partial charge in [0.1, 0.15) is 5.49 Å². The predicted molar refractivity (Wildman–Crippen MR) is 46.2 cm³/mol. The highest BCUT2D eigenvalue weighted by molar-refractivity contribution is 5.55. The van der Waals surface area contributed by atoms with Gasteiger partial charge >= 0.3 is 0 Å². The molecule has 1 aromatic rings. The number of hydrogen-bond acceptors (Lipinski definition) is 3. The molecule has 0 atom stereocenters. The van der Waals surface area contributed by atoms with E-state index in [0.29, 0.717) is 6.54 Å². The van der Waals surface area contributed by atoms with E-state index in [2.05, 4.69) is 10.1 Å². The van der Waals surface area contributed by atoms with Gasteiger partial charge in [0.2, 0.25) is 0 Å². The average molecular weight is 165 g/mol.